The number of allylic oxidation sites excluding steroid dienone is 1. The summed E-state index contributed by atoms with van der Waals surface area (Å²) in [5.74, 6) is 0.469. The molecule has 1 aliphatic rings. The molecule has 2 heteroatoms. The molecule has 1 saturated carbocycles. The fraction of sp³-hybridized carbons (Fsp3) is 0.800. The second-order valence-corrected chi connectivity index (χ2v) is 4.34. The number of aliphatic hydroxyl groups is 1. The van der Waals surface area contributed by atoms with Crippen molar-refractivity contribution in [3.05, 3.63) is 12.2 Å². The Bertz CT molecular complexity index is 186. The van der Waals surface area contributed by atoms with Crippen LogP contribution in [0.15, 0.2) is 12.2 Å². The molecule has 0 bridgehead atoms. The summed E-state index contributed by atoms with van der Waals surface area (Å²) in [6.07, 6.45) is 2.38. The molecule has 0 heterocycles. The highest BCUT2D eigenvalue weighted by atomic mass is 16.3. The maximum absolute atomic E-state index is 9.69. The second kappa shape index (κ2) is 3.19. The predicted octanol–water partition coefficient (Wildman–Crippen LogP) is 1.44. The summed E-state index contributed by atoms with van der Waals surface area (Å²) >= 11 is 0. The molecule has 2 nitrogen and oxygen atoms in total. The topological polar surface area (TPSA) is 46.2 Å². The van der Waals surface area contributed by atoms with E-state index in [9.17, 15) is 5.11 Å². The third-order valence-electron chi connectivity index (χ3n) is 3.00. The first kappa shape index (κ1) is 9.75. The van der Waals surface area contributed by atoms with E-state index >= 15 is 0 Å². The minimum Gasteiger partial charge on any atom is -0.391 e. The van der Waals surface area contributed by atoms with Gasteiger partial charge in [-0.2, -0.15) is 0 Å². The zero-order chi connectivity index (χ0) is 9.35. The molecule has 1 rings (SSSR count). The van der Waals surface area contributed by atoms with Crippen molar-refractivity contribution in [1.82, 2.24) is 0 Å². The lowest BCUT2D eigenvalue weighted by atomic mass is 9.74. The predicted molar refractivity (Wildman–Crippen MR) is 50.8 cm³/mol. The first-order chi connectivity index (χ1) is 5.43. The Kier molecular flexibility index (Phi) is 2.59. The van der Waals surface area contributed by atoms with Crippen molar-refractivity contribution < 1.29 is 5.11 Å². The summed E-state index contributed by atoms with van der Waals surface area (Å²) in [4.78, 5) is 0. The minimum atomic E-state index is -0.383. The summed E-state index contributed by atoms with van der Waals surface area (Å²) in [6, 6.07) is 0. The SMILES string of the molecule is C=C(C)[C@H]1CC[C@@](C)(N)[C@H](O)C1. The largest absolute Gasteiger partial charge is 0.391 e. The van der Waals surface area contributed by atoms with Crippen molar-refractivity contribution in [2.45, 2.75) is 44.8 Å². The fourth-order valence-electron chi connectivity index (χ4n) is 1.76. The van der Waals surface area contributed by atoms with Crippen molar-refractivity contribution in [2.75, 3.05) is 0 Å². The van der Waals surface area contributed by atoms with Gasteiger partial charge in [0, 0.05) is 5.54 Å². The van der Waals surface area contributed by atoms with Crippen molar-refractivity contribution >= 4 is 0 Å². The van der Waals surface area contributed by atoms with E-state index in [1.54, 1.807) is 0 Å². The molecule has 0 saturated heterocycles. The summed E-state index contributed by atoms with van der Waals surface area (Å²) in [5, 5.41) is 9.69. The second-order valence-electron chi connectivity index (χ2n) is 4.34. The maximum atomic E-state index is 9.69. The lowest BCUT2D eigenvalue weighted by molar-refractivity contribution is 0.0405. The molecule has 1 fully saturated rings. The van der Waals surface area contributed by atoms with Gasteiger partial charge in [-0.1, -0.05) is 12.2 Å². The Morgan fingerprint density at radius 2 is 2.25 bits per heavy atom. The van der Waals surface area contributed by atoms with Crippen molar-refractivity contribution in [3.8, 4) is 0 Å². The molecule has 0 radical (unpaired) electrons. The Labute approximate surface area is 74.5 Å². The molecule has 0 spiro atoms. The van der Waals surface area contributed by atoms with Gasteiger partial charge in [0.15, 0.2) is 0 Å². The van der Waals surface area contributed by atoms with E-state index in [0.717, 1.165) is 19.3 Å². The van der Waals surface area contributed by atoms with Gasteiger partial charge >= 0.3 is 0 Å². The molecular formula is C10H19NO. The van der Waals surface area contributed by atoms with Crippen LogP contribution in [0.1, 0.15) is 33.1 Å². The molecule has 0 unspecified atom stereocenters. The molecule has 0 aliphatic heterocycles. The Morgan fingerprint density at radius 1 is 1.67 bits per heavy atom. The molecule has 0 aromatic rings. The van der Waals surface area contributed by atoms with Crippen LogP contribution in [0, 0.1) is 5.92 Å². The van der Waals surface area contributed by atoms with Crippen LogP contribution < -0.4 is 5.73 Å². The van der Waals surface area contributed by atoms with Gasteiger partial charge in [-0.05, 0) is 39.0 Å². The van der Waals surface area contributed by atoms with Gasteiger partial charge in [0.05, 0.1) is 6.10 Å². The van der Waals surface area contributed by atoms with Gasteiger partial charge in [-0.25, -0.2) is 0 Å². The third kappa shape index (κ3) is 1.87. The van der Waals surface area contributed by atoms with E-state index in [1.807, 2.05) is 13.8 Å². The van der Waals surface area contributed by atoms with E-state index in [2.05, 4.69) is 6.58 Å². The maximum Gasteiger partial charge on any atom is 0.0722 e. The van der Waals surface area contributed by atoms with Crippen molar-refractivity contribution in [1.29, 1.82) is 0 Å². The van der Waals surface area contributed by atoms with Crippen LogP contribution in [0.5, 0.6) is 0 Å². The van der Waals surface area contributed by atoms with E-state index in [1.165, 1.54) is 5.57 Å². The van der Waals surface area contributed by atoms with E-state index in [4.69, 9.17) is 5.73 Å². The zero-order valence-electron chi connectivity index (χ0n) is 8.01. The van der Waals surface area contributed by atoms with Crippen LogP contribution in [0.25, 0.3) is 0 Å². The monoisotopic (exact) mass is 169 g/mol. The number of aliphatic hydroxyl groups excluding tert-OH is 1. The summed E-state index contributed by atoms with van der Waals surface area (Å²) in [7, 11) is 0. The molecule has 0 aromatic heterocycles. The van der Waals surface area contributed by atoms with Crippen LogP contribution in [0.3, 0.4) is 0 Å². The quantitative estimate of drug-likeness (QED) is 0.583. The first-order valence-electron chi connectivity index (χ1n) is 4.56. The normalized spacial score (nSPS) is 42.7. The van der Waals surface area contributed by atoms with Gasteiger partial charge in [-0.3, -0.25) is 0 Å². The molecule has 0 aromatic carbocycles. The lowest BCUT2D eigenvalue weighted by Gasteiger charge is -2.39. The van der Waals surface area contributed by atoms with Crippen LogP contribution >= 0.6 is 0 Å². The third-order valence-corrected chi connectivity index (χ3v) is 3.00. The molecule has 70 valence electrons. The average molecular weight is 169 g/mol. The summed E-state index contributed by atoms with van der Waals surface area (Å²) < 4.78 is 0. The Balaban J connectivity index is 2.58. The molecular weight excluding hydrogens is 150 g/mol. The fourth-order valence-corrected chi connectivity index (χ4v) is 1.76. The number of hydrogen-bond donors (Lipinski definition) is 2. The van der Waals surface area contributed by atoms with Gasteiger partial charge in [-0.15, -0.1) is 0 Å². The molecule has 1 aliphatic carbocycles. The van der Waals surface area contributed by atoms with Crippen molar-refractivity contribution in [3.63, 3.8) is 0 Å². The van der Waals surface area contributed by atoms with Crippen LogP contribution in [-0.4, -0.2) is 16.7 Å². The van der Waals surface area contributed by atoms with Gasteiger partial charge in [0.25, 0.3) is 0 Å². The summed E-state index contributed by atoms with van der Waals surface area (Å²) in [6.45, 7) is 7.86. The van der Waals surface area contributed by atoms with Crippen LogP contribution in [0.4, 0.5) is 0 Å². The molecule has 0 amide bonds. The number of hydrogen-bond acceptors (Lipinski definition) is 2. The summed E-state index contributed by atoms with van der Waals surface area (Å²) in [5.41, 5.74) is 6.69. The molecule has 12 heavy (non-hydrogen) atoms. The highest BCUT2D eigenvalue weighted by Gasteiger charge is 2.35. The van der Waals surface area contributed by atoms with Gasteiger partial charge in [0.2, 0.25) is 0 Å². The number of nitrogens with two attached hydrogens (primary N) is 1. The van der Waals surface area contributed by atoms with Crippen LogP contribution in [0.2, 0.25) is 0 Å². The Morgan fingerprint density at radius 3 is 2.67 bits per heavy atom. The molecule has 3 atom stereocenters. The van der Waals surface area contributed by atoms with Gasteiger partial charge in [0.1, 0.15) is 0 Å². The Hall–Kier alpha value is -0.340. The first-order valence-corrected chi connectivity index (χ1v) is 4.56. The standard InChI is InChI=1S/C10H19NO/c1-7(2)8-4-5-10(3,11)9(12)6-8/h8-9,12H,1,4-6,11H2,2-3H3/t8-,9+,10+/m0/s1. The number of rotatable bonds is 1. The zero-order valence-corrected chi connectivity index (χ0v) is 8.01. The highest BCUT2D eigenvalue weighted by molar-refractivity contribution is 5.04. The average Bonchev–Trinajstić information content (AvgIpc) is 1.94. The van der Waals surface area contributed by atoms with Gasteiger partial charge < -0.3 is 10.8 Å². The molecule has 3 N–H and O–H groups in total. The van der Waals surface area contributed by atoms with Crippen LogP contribution in [-0.2, 0) is 0 Å². The van der Waals surface area contributed by atoms with E-state index < -0.39 is 0 Å². The van der Waals surface area contributed by atoms with E-state index in [0.29, 0.717) is 5.92 Å². The van der Waals surface area contributed by atoms with Crippen molar-refractivity contribution in [2.24, 2.45) is 11.7 Å². The highest BCUT2D eigenvalue weighted by Crippen LogP contribution is 2.33. The smallest absolute Gasteiger partial charge is 0.0722 e. The lowest BCUT2D eigenvalue weighted by Crippen LogP contribution is -2.51. The minimum absolute atomic E-state index is 0.368. The van der Waals surface area contributed by atoms with E-state index in [-0.39, 0.29) is 11.6 Å².